The highest BCUT2D eigenvalue weighted by atomic mass is 35.5. The van der Waals surface area contributed by atoms with Crippen molar-refractivity contribution < 1.29 is 9.13 Å². The molecule has 1 saturated heterocycles. The number of aromatic nitrogens is 2. The Bertz CT molecular complexity index is 1000. The molecule has 2 fully saturated rings. The van der Waals surface area contributed by atoms with Gasteiger partial charge in [0.1, 0.15) is 11.2 Å². The molecule has 0 bridgehead atoms. The van der Waals surface area contributed by atoms with Gasteiger partial charge in [0.15, 0.2) is 11.6 Å². The first-order valence-corrected chi connectivity index (χ1v) is 8.86. The van der Waals surface area contributed by atoms with E-state index in [0.29, 0.717) is 23.3 Å². The van der Waals surface area contributed by atoms with E-state index in [2.05, 4.69) is 0 Å². The molecule has 0 spiro atoms. The second-order valence-corrected chi connectivity index (χ2v) is 6.92. The Hall–Kier alpha value is -2.26. The topological polar surface area (TPSA) is 109 Å². The summed E-state index contributed by atoms with van der Waals surface area (Å²) in [5.74, 6) is 5.29. The predicted octanol–water partition coefficient (Wildman–Crippen LogP) is 0.709. The van der Waals surface area contributed by atoms with Crippen molar-refractivity contribution in [2.45, 2.75) is 38.3 Å². The monoisotopic (exact) mass is 399 g/mol. The maximum atomic E-state index is 15.0. The molecule has 1 aliphatic carbocycles. The van der Waals surface area contributed by atoms with Crippen LogP contribution in [0, 0.1) is 5.82 Å². The van der Waals surface area contributed by atoms with Crippen molar-refractivity contribution in [1.29, 1.82) is 0 Å². The summed E-state index contributed by atoms with van der Waals surface area (Å²) in [4.78, 5) is 27.0. The van der Waals surface area contributed by atoms with E-state index in [1.54, 1.807) is 6.92 Å². The first-order valence-electron chi connectivity index (χ1n) is 8.86. The van der Waals surface area contributed by atoms with Crippen molar-refractivity contribution in [3.63, 3.8) is 0 Å². The Labute approximate surface area is 160 Å². The number of halogens is 2. The largest absolute Gasteiger partial charge is 0.489 e. The summed E-state index contributed by atoms with van der Waals surface area (Å²) in [6, 6.07) is 1.04. The lowest BCUT2D eigenvalue weighted by molar-refractivity contribution is 0.340. The minimum absolute atomic E-state index is 0. The van der Waals surface area contributed by atoms with E-state index in [1.165, 1.54) is 4.57 Å². The highest BCUT2D eigenvalue weighted by Gasteiger charge is 2.33. The Balaban J connectivity index is 0.00000210. The Morgan fingerprint density at radius 1 is 1.30 bits per heavy atom. The van der Waals surface area contributed by atoms with Gasteiger partial charge in [0.2, 0.25) is 0 Å². The fourth-order valence-corrected chi connectivity index (χ4v) is 3.67. The highest BCUT2D eigenvalue weighted by Crippen LogP contribution is 2.43. The molecule has 0 amide bonds. The van der Waals surface area contributed by atoms with E-state index in [-0.39, 0.29) is 47.9 Å². The number of benzene rings is 1. The van der Waals surface area contributed by atoms with E-state index >= 15 is 4.39 Å². The van der Waals surface area contributed by atoms with E-state index in [0.717, 1.165) is 25.3 Å². The second kappa shape index (κ2) is 7.05. The van der Waals surface area contributed by atoms with Crippen LogP contribution >= 0.6 is 12.4 Å². The van der Waals surface area contributed by atoms with Gasteiger partial charge in [-0.1, -0.05) is 0 Å². The molecule has 1 atom stereocenters. The number of nitrogen functional groups attached to an aromatic ring is 1. The summed E-state index contributed by atoms with van der Waals surface area (Å²) in [7, 11) is 0. The molecule has 4 N–H and O–H groups in total. The van der Waals surface area contributed by atoms with Crippen LogP contribution in [-0.2, 0) is 0 Å². The summed E-state index contributed by atoms with van der Waals surface area (Å²) in [5, 5.41) is 0.0483. The minimum atomic E-state index is -0.730. The molecule has 148 valence electrons. The van der Waals surface area contributed by atoms with E-state index in [4.69, 9.17) is 16.3 Å². The third-order valence-corrected chi connectivity index (χ3v) is 5.03. The lowest BCUT2D eigenvalue weighted by Gasteiger charge is -2.24. The van der Waals surface area contributed by atoms with Crippen molar-refractivity contribution in [1.82, 2.24) is 9.24 Å². The lowest BCUT2D eigenvalue weighted by atomic mass is 10.1. The molecular formula is C17H23ClFN5O3. The average Bonchev–Trinajstić information content (AvgIpc) is 3.35. The maximum Gasteiger partial charge on any atom is 0.350 e. The predicted molar refractivity (Wildman–Crippen MR) is 104 cm³/mol. The molecule has 1 aliphatic heterocycles. The third-order valence-electron chi connectivity index (χ3n) is 5.03. The Morgan fingerprint density at radius 2 is 2.00 bits per heavy atom. The molecule has 2 aliphatic rings. The number of hydrogen-bond acceptors (Lipinski definition) is 6. The van der Waals surface area contributed by atoms with Crippen LogP contribution in [0.25, 0.3) is 10.9 Å². The van der Waals surface area contributed by atoms with Crippen LogP contribution in [0.4, 0.5) is 10.1 Å². The van der Waals surface area contributed by atoms with Crippen molar-refractivity contribution in [3.8, 4) is 5.75 Å². The van der Waals surface area contributed by atoms with Crippen molar-refractivity contribution in [2.75, 3.05) is 30.4 Å². The molecule has 8 nitrogen and oxygen atoms in total. The van der Waals surface area contributed by atoms with Crippen LogP contribution in [0.15, 0.2) is 15.7 Å². The van der Waals surface area contributed by atoms with Crippen LogP contribution in [0.5, 0.6) is 5.75 Å². The van der Waals surface area contributed by atoms with Gasteiger partial charge in [-0.15, -0.1) is 12.4 Å². The highest BCUT2D eigenvalue weighted by molar-refractivity contribution is 5.91. The first kappa shape index (κ1) is 19.5. The Morgan fingerprint density at radius 3 is 2.56 bits per heavy atom. The number of fused-ring (bicyclic) bond motifs is 1. The van der Waals surface area contributed by atoms with Gasteiger partial charge in [-0.2, -0.15) is 4.68 Å². The number of nitrogens with two attached hydrogens (primary N) is 2. The van der Waals surface area contributed by atoms with Gasteiger partial charge in [-0.3, -0.25) is 9.36 Å². The molecule has 27 heavy (non-hydrogen) atoms. The molecule has 1 saturated carbocycles. The van der Waals surface area contributed by atoms with Crippen LogP contribution < -0.4 is 32.5 Å². The normalized spacial score (nSPS) is 19.4. The van der Waals surface area contributed by atoms with Gasteiger partial charge in [0, 0.05) is 25.2 Å². The quantitative estimate of drug-likeness (QED) is 0.733. The molecule has 10 heteroatoms. The van der Waals surface area contributed by atoms with E-state index in [1.807, 2.05) is 4.90 Å². The van der Waals surface area contributed by atoms with Crippen LogP contribution in [0.1, 0.15) is 32.2 Å². The lowest BCUT2D eigenvalue weighted by Crippen LogP contribution is -2.44. The average molecular weight is 400 g/mol. The van der Waals surface area contributed by atoms with Crippen molar-refractivity contribution in [3.05, 3.63) is 32.7 Å². The minimum Gasteiger partial charge on any atom is -0.489 e. The molecule has 0 radical (unpaired) electrons. The van der Waals surface area contributed by atoms with E-state index in [9.17, 15) is 9.59 Å². The summed E-state index contributed by atoms with van der Waals surface area (Å²) in [5.41, 5.74) is 5.22. The van der Waals surface area contributed by atoms with Crippen LogP contribution in [0.2, 0.25) is 0 Å². The van der Waals surface area contributed by atoms with Gasteiger partial charge in [0.05, 0.1) is 12.0 Å². The molecule has 2 heterocycles. The van der Waals surface area contributed by atoms with Gasteiger partial charge < -0.3 is 21.2 Å². The summed E-state index contributed by atoms with van der Waals surface area (Å²) < 4.78 is 22.8. The molecule has 1 unspecified atom stereocenters. The zero-order valence-electron chi connectivity index (χ0n) is 15.0. The van der Waals surface area contributed by atoms with Crippen molar-refractivity contribution >= 4 is 29.0 Å². The molecule has 2 aromatic rings. The zero-order valence-corrected chi connectivity index (χ0v) is 15.8. The first-order chi connectivity index (χ1) is 12.4. The van der Waals surface area contributed by atoms with Crippen LogP contribution in [-0.4, -0.2) is 35.0 Å². The number of rotatable bonds is 4. The molecule has 1 aromatic carbocycles. The number of anilines is 1. The fraction of sp³-hybridized carbons (Fsp3) is 0.529. The fourth-order valence-electron chi connectivity index (χ4n) is 3.67. The zero-order chi connectivity index (χ0) is 18.6. The summed E-state index contributed by atoms with van der Waals surface area (Å²) in [6.07, 6.45) is 2.35. The van der Waals surface area contributed by atoms with E-state index < -0.39 is 17.1 Å². The number of nitrogens with zero attached hydrogens (tertiary/aromatic N) is 3. The van der Waals surface area contributed by atoms with Gasteiger partial charge in [-0.05, 0) is 32.3 Å². The molecule has 4 rings (SSSR count). The molecular weight excluding hydrogens is 377 g/mol. The SMILES string of the molecule is CCOc1c(N2CCC(N)C2)c(F)cc2c(=O)n(N)c(=O)n(C3CC3)c12.Cl. The molecule has 1 aromatic heterocycles. The maximum absolute atomic E-state index is 15.0. The third kappa shape index (κ3) is 3.04. The van der Waals surface area contributed by atoms with Crippen LogP contribution in [0.3, 0.4) is 0 Å². The second-order valence-electron chi connectivity index (χ2n) is 6.92. The Kier molecular flexibility index (Phi) is 5.09. The summed E-state index contributed by atoms with van der Waals surface area (Å²) in [6.45, 7) is 3.13. The summed E-state index contributed by atoms with van der Waals surface area (Å²) >= 11 is 0. The smallest absolute Gasteiger partial charge is 0.350 e. The standard InChI is InChI=1S/C17H22FN5O3.ClH/c1-2-26-15-13-11(7-12(18)14(15)21-6-5-9(19)8-21)16(24)23(20)17(25)22(13)10-3-4-10;/h7,9-10H,2-6,8,19-20H2,1H3;1H. The number of hydrogen-bond donors (Lipinski definition) is 2. The van der Waals surface area contributed by atoms with Gasteiger partial charge >= 0.3 is 5.69 Å². The van der Waals surface area contributed by atoms with Gasteiger partial charge in [-0.25, -0.2) is 9.18 Å². The van der Waals surface area contributed by atoms with Crippen molar-refractivity contribution in [2.24, 2.45) is 5.73 Å². The van der Waals surface area contributed by atoms with Gasteiger partial charge in [0.25, 0.3) is 5.56 Å². The number of ether oxygens (including phenoxy) is 1.